The summed E-state index contributed by atoms with van der Waals surface area (Å²) in [5.74, 6) is 0.296. The number of hydrogen-bond acceptors (Lipinski definition) is 4. The first kappa shape index (κ1) is 17.0. The average Bonchev–Trinajstić information content (AvgIpc) is 2.96. The lowest BCUT2D eigenvalue weighted by Crippen LogP contribution is -2.35. The number of nitrogens with zero attached hydrogens (tertiary/aromatic N) is 1. The van der Waals surface area contributed by atoms with Crippen LogP contribution in [0.5, 0.6) is 5.88 Å². The van der Waals surface area contributed by atoms with E-state index >= 15 is 0 Å². The Morgan fingerprint density at radius 1 is 1.12 bits per heavy atom. The molecule has 26 heavy (non-hydrogen) atoms. The molecule has 0 aliphatic carbocycles. The third-order valence-corrected chi connectivity index (χ3v) is 5.89. The van der Waals surface area contributed by atoms with Crippen molar-refractivity contribution in [3.8, 4) is 5.88 Å². The van der Waals surface area contributed by atoms with E-state index in [4.69, 9.17) is 12.2 Å². The van der Waals surface area contributed by atoms with Gasteiger partial charge in [-0.1, -0.05) is 42.5 Å². The molecule has 1 amide bonds. The normalized spacial score (nSPS) is 13.7. The van der Waals surface area contributed by atoms with E-state index in [-0.39, 0.29) is 11.8 Å². The number of H-pyrrole nitrogens is 1. The number of aromatic nitrogens is 1. The lowest BCUT2D eigenvalue weighted by molar-refractivity contribution is -0.119. The molecule has 0 saturated carbocycles. The maximum Gasteiger partial charge on any atom is 0.227 e. The van der Waals surface area contributed by atoms with Gasteiger partial charge < -0.3 is 15.0 Å². The maximum atomic E-state index is 12.6. The molecule has 0 saturated heterocycles. The summed E-state index contributed by atoms with van der Waals surface area (Å²) in [5.41, 5.74) is 4.40. The average molecular weight is 383 g/mol. The number of benzene rings is 2. The zero-order valence-electron chi connectivity index (χ0n) is 14.1. The summed E-state index contributed by atoms with van der Waals surface area (Å²) in [6, 6.07) is 16.1. The Morgan fingerprint density at radius 2 is 1.92 bits per heavy atom. The van der Waals surface area contributed by atoms with Crippen molar-refractivity contribution in [3.63, 3.8) is 0 Å². The van der Waals surface area contributed by atoms with Gasteiger partial charge in [0.1, 0.15) is 0 Å². The van der Waals surface area contributed by atoms with E-state index in [1.54, 1.807) is 0 Å². The Bertz CT molecular complexity index is 1010. The molecule has 0 spiro atoms. The number of thiazole rings is 1. The van der Waals surface area contributed by atoms with E-state index in [2.05, 4.69) is 11.1 Å². The third-order valence-electron chi connectivity index (χ3n) is 4.66. The van der Waals surface area contributed by atoms with Crippen LogP contribution in [0.25, 0.3) is 0 Å². The first-order valence-electron chi connectivity index (χ1n) is 8.48. The van der Waals surface area contributed by atoms with Gasteiger partial charge in [0.15, 0.2) is 3.95 Å². The molecule has 1 aromatic heterocycles. The van der Waals surface area contributed by atoms with Crippen LogP contribution >= 0.6 is 23.6 Å². The van der Waals surface area contributed by atoms with Crippen molar-refractivity contribution >= 4 is 35.1 Å². The molecule has 2 N–H and O–H groups in total. The second-order valence-electron chi connectivity index (χ2n) is 6.34. The third kappa shape index (κ3) is 3.30. The van der Waals surface area contributed by atoms with Crippen LogP contribution in [-0.4, -0.2) is 16.0 Å². The van der Waals surface area contributed by atoms with Gasteiger partial charge in [0, 0.05) is 18.5 Å². The largest absolute Gasteiger partial charge is 0.494 e. The van der Waals surface area contributed by atoms with Gasteiger partial charge >= 0.3 is 0 Å². The molecule has 4 rings (SSSR count). The predicted octanol–water partition coefficient (Wildman–Crippen LogP) is 4.58. The van der Waals surface area contributed by atoms with Crippen molar-refractivity contribution in [2.24, 2.45) is 0 Å². The molecule has 132 valence electrons. The van der Waals surface area contributed by atoms with Gasteiger partial charge in [0.25, 0.3) is 0 Å². The van der Waals surface area contributed by atoms with Gasteiger partial charge in [0.05, 0.1) is 11.4 Å². The number of carbonyl (C=O) groups excluding carboxylic acids is 1. The summed E-state index contributed by atoms with van der Waals surface area (Å²) < 4.78 is 0.572. The van der Waals surface area contributed by atoms with Crippen molar-refractivity contribution in [1.82, 2.24) is 4.98 Å². The minimum atomic E-state index is 0.144. The molecule has 0 atom stereocenters. The molecule has 1 aliphatic heterocycles. The summed E-state index contributed by atoms with van der Waals surface area (Å²) in [5, 5.41) is 10.0. The van der Waals surface area contributed by atoms with Crippen LogP contribution in [0.1, 0.15) is 28.0 Å². The highest BCUT2D eigenvalue weighted by Gasteiger charge is 2.26. The number of hydrogen-bond donors (Lipinski definition) is 2. The summed E-state index contributed by atoms with van der Waals surface area (Å²) >= 11 is 6.51. The van der Waals surface area contributed by atoms with Gasteiger partial charge in [-0.3, -0.25) is 4.79 Å². The Balaban J connectivity index is 1.69. The van der Waals surface area contributed by atoms with Gasteiger partial charge in [0.2, 0.25) is 11.8 Å². The van der Waals surface area contributed by atoms with E-state index < -0.39 is 0 Å². The molecule has 0 radical (unpaired) electrons. The van der Waals surface area contributed by atoms with Crippen LogP contribution in [0.3, 0.4) is 0 Å². The number of aromatic hydroxyl groups is 1. The van der Waals surface area contributed by atoms with Gasteiger partial charge in [-0.15, -0.1) is 11.3 Å². The topological polar surface area (TPSA) is 56.3 Å². The summed E-state index contributed by atoms with van der Waals surface area (Å²) in [6.45, 7) is 0.574. The molecule has 6 heteroatoms. The Morgan fingerprint density at radius 3 is 2.65 bits per heavy atom. The number of fused-ring (bicyclic) bond motifs is 1. The second kappa shape index (κ2) is 7.05. The van der Waals surface area contributed by atoms with Crippen LogP contribution in [0.15, 0.2) is 48.5 Å². The number of carbonyl (C=O) groups is 1. The Labute approximate surface area is 160 Å². The fourth-order valence-electron chi connectivity index (χ4n) is 3.41. The first-order chi connectivity index (χ1) is 12.6. The maximum absolute atomic E-state index is 12.6. The second-order valence-corrected chi connectivity index (χ2v) is 8.12. The monoisotopic (exact) mass is 382 g/mol. The summed E-state index contributed by atoms with van der Waals surface area (Å²) in [7, 11) is 0. The van der Waals surface area contributed by atoms with Crippen LogP contribution in [0.4, 0.5) is 5.69 Å². The van der Waals surface area contributed by atoms with Gasteiger partial charge in [-0.05, 0) is 41.4 Å². The van der Waals surface area contributed by atoms with Crippen molar-refractivity contribution in [1.29, 1.82) is 0 Å². The van der Waals surface area contributed by atoms with Crippen LogP contribution in [0, 0.1) is 3.95 Å². The molecule has 0 bridgehead atoms. The Kier molecular flexibility index (Phi) is 4.61. The molecule has 0 unspecified atom stereocenters. The van der Waals surface area contributed by atoms with E-state index in [0.717, 1.165) is 28.1 Å². The van der Waals surface area contributed by atoms with E-state index in [1.165, 1.54) is 16.9 Å². The van der Waals surface area contributed by atoms with Gasteiger partial charge in [-0.2, -0.15) is 0 Å². The SMILES string of the molecule is O=C1CCc2c(Cc3sc(=S)[nH]c3O)cccc2N1Cc1ccccc1. The standard InChI is InChI=1S/C20H18N2O2S2/c23-18-10-9-15-14(11-17-19(24)21-20(25)26-17)7-4-8-16(15)22(18)12-13-5-2-1-3-6-13/h1-8,24H,9-12H2,(H,21,25). The van der Waals surface area contributed by atoms with Crippen molar-refractivity contribution < 1.29 is 9.90 Å². The smallest absolute Gasteiger partial charge is 0.227 e. The highest BCUT2D eigenvalue weighted by molar-refractivity contribution is 7.73. The number of amides is 1. The molecular weight excluding hydrogens is 364 g/mol. The fraction of sp³-hybridized carbons (Fsp3) is 0.200. The predicted molar refractivity (Wildman–Crippen MR) is 106 cm³/mol. The zero-order valence-corrected chi connectivity index (χ0v) is 15.7. The molecule has 2 heterocycles. The molecule has 1 aliphatic rings. The van der Waals surface area contributed by atoms with E-state index in [0.29, 0.717) is 23.3 Å². The van der Waals surface area contributed by atoms with Crippen LogP contribution in [-0.2, 0) is 24.2 Å². The summed E-state index contributed by atoms with van der Waals surface area (Å²) in [6.07, 6.45) is 1.85. The zero-order chi connectivity index (χ0) is 18.1. The summed E-state index contributed by atoms with van der Waals surface area (Å²) in [4.78, 5) is 18.0. The number of anilines is 1. The highest BCUT2D eigenvalue weighted by Crippen LogP contribution is 2.34. The molecular formula is C20H18N2O2S2. The molecule has 0 fully saturated rings. The Hall–Kier alpha value is -2.44. The van der Waals surface area contributed by atoms with Crippen LogP contribution < -0.4 is 4.90 Å². The van der Waals surface area contributed by atoms with Crippen molar-refractivity contribution in [2.75, 3.05) is 4.90 Å². The van der Waals surface area contributed by atoms with Gasteiger partial charge in [-0.25, -0.2) is 0 Å². The molecule has 4 nitrogen and oxygen atoms in total. The van der Waals surface area contributed by atoms with E-state index in [9.17, 15) is 9.90 Å². The first-order valence-corrected chi connectivity index (χ1v) is 9.70. The lowest BCUT2D eigenvalue weighted by atomic mass is 9.93. The quantitative estimate of drug-likeness (QED) is 0.649. The minimum Gasteiger partial charge on any atom is -0.494 e. The lowest BCUT2D eigenvalue weighted by Gasteiger charge is -2.31. The number of nitrogens with one attached hydrogen (secondary N) is 1. The highest BCUT2D eigenvalue weighted by atomic mass is 32.1. The van der Waals surface area contributed by atoms with Crippen LogP contribution in [0.2, 0.25) is 0 Å². The van der Waals surface area contributed by atoms with Crippen molar-refractivity contribution in [2.45, 2.75) is 25.8 Å². The minimum absolute atomic E-state index is 0.144. The van der Waals surface area contributed by atoms with Crippen molar-refractivity contribution in [3.05, 3.63) is 74.1 Å². The molecule has 2 aromatic carbocycles. The van der Waals surface area contributed by atoms with E-state index in [1.807, 2.05) is 47.4 Å². The fourth-order valence-corrected chi connectivity index (χ4v) is 4.56. The number of rotatable bonds is 4. The number of aromatic amines is 1. The molecule has 3 aromatic rings.